The van der Waals surface area contributed by atoms with Crippen LogP contribution in [0.1, 0.15) is 12.5 Å². The number of phenols is 1. The monoisotopic (exact) mass is 281 g/mol. The van der Waals surface area contributed by atoms with Crippen molar-refractivity contribution in [2.24, 2.45) is 0 Å². The summed E-state index contributed by atoms with van der Waals surface area (Å²) in [5.74, 6) is -1.72. The van der Waals surface area contributed by atoms with E-state index in [0.717, 1.165) is 0 Å². The number of hydrogen-bond acceptors (Lipinski definition) is 5. The first-order valence-corrected chi connectivity index (χ1v) is 5.56. The van der Waals surface area contributed by atoms with Crippen LogP contribution in [0.25, 0.3) is 6.08 Å². The molecule has 0 atom stereocenters. The molecule has 0 spiro atoms. The summed E-state index contributed by atoms with van der Waals surface area (Å²) in [7, 11) is 2.71. The van der Waals surface area contributed by atoms with Gasteiger partial charge in [-0.2, -0.15) is 0 Å². The zero-order chi connectivity index (χ0) is 15.3. The fourth-order valence-corrected chi connectivity index (χ4v) is 1.50. The highest BCUT2D eigenvalue weighted by Crippen LogP contribution is 2.37. The van der Waals surface area contributed by atoms with Gasteiger partial charge in [-0.05, 0) is 23.8 Å². The number of rotatable bonds is 5. The molecule has 0 aliphatic rings. The number of nitrogens with one attached hydrogen (secondary N) is 1. The summed E-state index contributed by atoms with van der Waals surface area (Å²) < 4.78 is 9.91. The van der Waals surface area contributed by atoms with Crippen LogP contribution in [0.3, 0.4) is 0 Å². The molecule has 0 saturated heterocycles. The van der Waals surface area contributed by atoms with Crippen LogP contribution in [0, 0.1) is 0 Å². The second-order valence-corrected chi connectivity index (χ2v) is 3.82. The van der Waals surface area contributed by atoms with Crippen molar-refractivity contribution >= 4 is 18.0 Å². The molecular formula is C13H15NO6. The lowest BCUT2D eigenvalue weighted by Gasteiger charge is -2.10. The number of phenolic OH excluding ortho intramolecular Hbond substituents is 1. The second kappa shape index (κ2) is 6.46. The molecule has 0 bridgehead atoms. The number of amides is 1. The van der Waals surface area contributed by atoms with Crippen molar-refractivity contribution in [3.63, 3.8) is 0 Å². The number of carboxylic acids is 1. The molecule has 3 N–H and O–H groups in total. The Morgan fingerprint density at radius 1 is 1.20 bits per heavy atom. The number of carbonyl (C=O) groups excluding carboxylic acids is 1. The summed E-state index contributed by atoms with van der Waals surface area (Å²) in [5, 5.41) is 20.9. The Hall–Kier alpha value is -2.70. The molecule has 20 heavy (non-hydrogen) atoms. The van der Waals surface area contributed by atoms with E-state index in [-0.39, 0.29) is 22.9 Å². The number of ether oxygens (including phenoxy) is 2. The summed E-state index contributed by atoms with van der Waals surface area (Å²) in [6, 6.07) is 2.84. The van der Waals surface area contributed by atoms with Crippen LogP contribution in [0.5, 0.6) is 17.2 Å². The number of hydrogen-bond donors (Lipinski definition) is 3. The van der Waals surface area contributed by atoms with E-state index < -0.39 is 11.9 Å². The van der Waals surface area contributed by atoms with Crippen molar-refractivity contribution in [3.8, 4) is 17.2 Å². The van der Waals surface area contributed by atoms with E-state index in [2.05, 4.69) is 5.32 Å². The molecule has 1 aromatic rings. The van der Waals surface area contributed by atoms with Gasteiger partial charge in [0, 0.05) is 6.92 Å². The first-order chi connectivity index (χ1) is 9.38. The lowest BCUT2D eigenvalue weighted by atomic mass is 10.1. The predicted molar refractivity (Wildman–Crippen MR) is 70.6 cm³/mol. The van der Waals surface area contributed by atoms with E-state index >= 15 is 0 Å². The van der Waals surface area contributed by atoms with Gasteiger partial charge in [-0.25, -0.2) is 4.79 Å². The number of carboxylic acid groups (broad SMARTS) is 1. The molecule has 0 unspecified atom stereocenters. The van der Waals surface area contributed by atoms with Gasteiger partial charge in [-0.15, -0.1) is 0 Å². The summed E-state index contributed by atoms with van der Waals surface area (Å²) in [4.78, 5) is 22.0. The standard InChI is InChI=1S/C13H15NO6/c1-7(15)14-9(13(17)18)4-8-5-10(19-2)12(16)11(6-8)20-3/h4-6,16H,1-3H3,(H,14,15)(H,17,18)/b9-4+. The third kappa shape index (κ3) is 3.64. The van der Waals surface area contributed by atoms with Gasteiger partial charge >= 0.3 is 5.97 Å². The third-order valence-electron chi connectivity index (χ3n) is 2.35. The number of aromatic hydroxyl groups is 1. The van der Waals surface area contributed by atoms with Gasteiger partial charge in [0.25, 0.3) is 0 Å². The predicted octanol–water partition coefficient (Wildman–Crippen LogP) is 0.971. The molecular weight excluding hydrogens is 266 g/mol. The van der Waals surface area contributed by atoms with Gasteiger partial charge in [0.15, 0.2) is 11.5 Å². The van der Waals surface area contributed by atoms with Crippen LogP contribution in [-0.4, -0.2) is 36.3 Å². The zero-order valence-corrected chi connectivity index (χ0v) is 11.3. The highest BCUT2D eigenvalue weighted by molar-refractivity contribution is 5.96. The molecule has 0 heterocycles. The van der Waals surface area contributed by atoms with Gasteiger partial charge in [0.1, 0.15) is 5.70 Å². The topological polar surface area (TPSA) is 105 Å². The van der Waals surface area contributed by atoms with Crippen molar-refractivity contribution in [3.05, 3.63) is 23.4 Å². The molecule has 0 saturated carbocycles. The summed E-state index contributed by atoms with van der Waals surface area (Å²) >= 11 is 0. The van der Waals surface area contributed by atoms with Crippen LogP contribution in [0.4, 0.5) is 0 Å². The molecule has 7 nitrogen and oxygen atoms in total. The molecule has 0 aliphatic heterocycles. The molecule has 0 aliphatic carbocycles. The largest absolute Gasteiger partial charge is 0.502 e. The fraction of sp³-hybridized carbons (Fsp3) is 0.231. The summed E-state index contributed by atoms with van der Waals surface area (Å²) in [6.07, 6.45) is 1.23. The summed E-state index contributed by atoms with van der Waals surface area (Å²) in [5.41, 5.74) is 0.0925. The lowest BCUT2D eigenvalue weighted by Crippen LogP contribution is -2.24. The minimum Gasteiger partial charge on any atom is -0.502 e. The zero-order valence-electron chi connectivity index (χ0n) is 11.3. The maximum Gasteiger partial charge on any atom is 0.352 e. The smallest absolute Gasteiger partial charge is 0.352 e. The van der Waals surface area contributed by atoms with Gasteiger partial charge in [0.2, 0.25) is 11.7 Å². The van der Waals surface area contributed by atoms with Crippen molar-refractivity contribution in [1.82, 2.24) is 5.32 Å². The van der Waals surface area contributed by atoms with E-state index in [1.807, 2.05) is 0 Å². The molecule has 1 rings (SSSR count). The highest BCUT2D eigenvalue weighted by atomic mass is 16.5. The van der Waals surface area contributed by atoms with Gasteiger partial charge in [0.05, 0.1) is 14.2 Å². The number of methoxy groups -OCH3 is 2. The Kier molecular flexibility index (Phi) is 4.96. The molecule has 0 fully saturated rings. The van der Waals surface area contributed by atoms with Crippen molar-refractivity contribution in [2.75, 3.05) is 14.2 Å². The van der Waals surface area contributed by atoms with E-state index in [9.17, 15) is 14.7 Å². The Bertz CT molecular complexity index is 539. The van der Waals surface area contributed by atoms with Crippen molar-refractivity contribution in [1.29, 1.82) is 0 Å². The molecule has 0 aromatic heterocycles. The number of aliphatic carboxylic acids is 1. The SMILES string of the molecule is COc1cc(/C=C(/NC(C)=O)C(=O)O)cc(OC)c1O. The average molecular weight is 281 g/mol. The maximum atomic E-state index is 11.0. The first kappa shape index (κ1) is 15.4. The molecule has 0 radical (unpaired) electrons. The second-order valence-electron chi connectivity index (χ2n) is 3.82. The van der Waals surface area contributed by atoms with Crippen molar-refractivity contribution in [2.45, 2.75) is 6.92 Å². The van der Waals surface area contributed by atoms with E-state index in [1.165, 1.54) is 39.4 Å². The normalized spacial score (nSPS) is 10.8. The Morgan fingerprint density at radius 2 is 1.70 bits per heavy atom. The van der Waals surface area contributed by atoms with E-state index in [0.29, 0.717) is 5.56 Å². The van der Waals surface area contributed by atoms with Gasteiger partial charge < -0.3 is 25.0 Å². The quantitative estimate of drug-likeness (QED) is 0.695. The minimum absolute atomic E-state index is 0.128. The van der Waals surface area contributed by atoms with Crippen LogP contribution >= 0.6 is 0 Å². The first-order valence-electron chi connectivity index (χ1n) is 5.56. The summed E-state index contributed by atoms with van der Waals surface area (Å²) in [6.45, 7) is 1.20. The van der Waals surface area contributed by atoms with Crippen LogP contribution < -0.4 is 14.8 Å². The maximum absolute atomic E-state index is 11.0. The fourth-order valence-electron chi connectivity index (χ4n) is 1.50. The third-order valence-corrected chi connectivity index (χ3v) is 2.35. The van der Waals surface area contributed by atoms with Crippen molar-refractivity contribution < 1.29 is 29.3 Å². The Morgan fingerprint density at radius 3 is 2.05 bits per heavy atom. The van der Waals surface area contributed by atoms with Crippen LogP contribution in [0.15, 0.2) is 17.8 Å². The molecule has 7 heteroatoms. The van der Waals surface area contributed by atoms with E-state index in [4.69, 9.17) is 14.6 Å². The van der Waals surface area contributed by atoms with E-state index in [1.54, 1.807) is 0 Å². The lowest BCUT2D eigenvalue weighted by molar-refractivity contribution is -0.134. The van der Waals surface area contributed by atoms with Crippen LogP contribution in [0.2, 0.25) is 0 Å². The Balaban J connectivity index is 3.30. The van der Waals surface area contributed by atoms with Gasteiger partial charge in [-0.1, -0.05) is 0 Å². The number of benzene rings is 1. The van der Waals surface area contributed by atoms with Crippen LogP contribution in [-0.2, 0) is 9.59 Å². The minimum atomic E-state index is -1.29. The molecule has 108 valence electrons. The molecule has 1 amide bonds. The highest BCUT2D eigenvalue weighted by Gasteiger charge is 2.13. The number of carbonyl (C=O) groups is 2. The average Bonchev–Trinajstić information content (AvgIpc) is 2.38. The molecule has 1 aromatic carbocycles. The van der Waals surface area contributed by atoms with Gasteiger partial charge in [-0.3, -0.25) is 4.79 Å². The Labute approximate surface area is 115 Å².